The molecular weight excluding hydrogens is 1540 g/mol. The van der Waals surface area contributed by atoms with Crippen molar-refractivity contribution in [2.24, 2.45) is 35.0 Å². The summed E-state index contributed by atoms with van der Waals surface area (Å²) in [5.74, 6) is -11.9. The van der Waals surface area contributed by atoms with E-state index in [1.807, 2.05) is 18.7 Å². The molecule has 7 rings (SSSR count). The van der Waals surface area contributed by atoms with E-state index in [0.717, 1.165) is 4.57 Å². The molecule has 119 heavy (non-hydrogen) atoms. The van der Waals surface area contributed by atoms with Crippen LogP contribution in [-0.4, -0.2) is 228 Å². The van der Waals surface area contributed by atoms with Crippen molar-refractivity contribution in [2.75, 3.05) is 44.2 Å². The van der Waals surface area contributed by atoms with Gasteiger partial charge in [0, 0.05) is 93.1 Å². The minimum atomic E-state index is -1.82. The lowest BCUT2D eigenvalue weighted by molar-refractivity contribution is -0.138. The number of hydrogen-bond donors (Lipinski definition) is 19. The number of unbranched alkanes of at least 4 members (excludes halogenated alkanes) is 1. The SMILES string of the molecule is CCC(=O)N[C@H](C(=O)N[C@@H](CCCCN)C(=O)N1CCN(c2ccc3ncn(CC(=O)N[C@@H](CCCNC(=N)N)C(=O)NC(Cc4cnc[nH]4)C(=O)N[C@@H](Cc4ccc(O)cc4)C(=O)NC(CC(C)C)C(=O)N[C@@H](CC(N)=O)C(=O)NC(Cc4c[nH]c5ccccc45)C(=O)N[C@H](C(=O)N[C@H](C(C)=O)[C@@H](C)O)C(C)C)c(=O)c3c2)CC1)[C@@H](C)CC. The maximum atomic E-state index is 15.1. The van der Waals surface area contributed by atoms with Gasteiger partial charge >= 0.3 is 0 Å². The van der Waals surface area contributed by atoms with Gasteiger partial charge in [-0.3, -0.25) is 77.1 Å². The van der Waals surface area contributed by atoms with Gasteiger partial charge in [-0.2, -0.15) is 0 Å². The number of rotatable bonds is 46. The van der Waals surface area contributed by atoms with Crippen molar-refractivity contribution in [2.45, 2.75) is 212 Å². The van der Waals surface area contributed by atoms with Gasteiger partial charge < -0.3 is 106 Å². The van der Waals surface area contributed by atoms with Gasteiger partial charge in [0.05, 0.1) is 36.1 Å². The summed E-state index contributed by atoms with van der Waals surface area (Å²) in [7, 11) is 0. The quantitative estimate of drug-likeness (QED) is 0.0123. The molecule has 3 aromatic carbocycles. The van der Waals surface area contributed by atoms with Crippen LogP contribution in [0.25, 0.3) is 21.8 Å². The molecule has 1 aliphatic rings. The molecule has 22 N–H and O–H groups in total. The summed E-state index contributed by atoms with van der Waals surface area (Å²) in [6.45, 7) is 15.6. The number of nitrogens with zero attached hydrogens (tertiary/aromatic N) is 5. The van der Waals surface area contributed by atoms with Crippen LogP contribution in [0.5, 0.6) is 5.75 Å². The zero-order chi connectivity index (χ0) is 87.3. The summed E-state index contributed by atoms with van der Waals surface area (Å²) in [4.78, 5) is 215. The fourth-order valence-corrected chi connectivity index (χ4v) is 13.7. The standard InChI is InChI=1S/C81H116N22O16/c1-10-46(7)69(98-66(108)11-2)78(117)92-59(19-14-15-27-82)80(119)102-31-29-101(30-32-102)52-23-26-57-55(37-52)79(118)103(43-90-57)41-67(109)91-58(20-16-28-87-81(84)85)71(110)96-63(36-51-40-86-42-89-51)74(113)94-61(34-49-21-24-53(106)25-22-49)73(112)93-60(33-44(3)4)72(111)97-64(38-65(83)107)75(114)95-62(35-50-39-88-56-18-13-12-17-54(50)56)76(115)99-68(45(5)6)77(116)100-70(47(8)104)48(9)105/h12-13,17-18,21-26,37,39-40,42-47,58-64,68-70,88,104,106H,10-11,14-16,19-20,27-36,38,41,82H2,1-9H3,(H2,83,107)(H,86,89)(H,91,109)(H,92,117)(H,93,112)(H,94,113)(H,95,114)(H,96,110)(H,97,111)(H,98,108)(H,99,115)(H,100,116)(H4,84,85,87)/t46-,47+,58-,59-,60?,61-,62?,63?,64-,68-,69-,70-/m0/s1. The Hall–Kier alpha value is -12.4. The van der Waals surface area contributed by atoms with Crippen molar-refractivity contribution in [3.8, 4) is 5.75 Å². The third-order valence-electron chi connectivity index (χ3n) is 20.6. The molecule has 0 spiro atoms. The number of aromatic nitrogens is 5. The van der Waals surface area contributed by atoms with E-state index in [-0.39, 0.29) is 105 Å². The number of nitrogens with two attached hydrogens (primary N) is 3. The molecule has 6 aromatic rings. The number of guanidine groups is 1. The lowest BCUT2D eigenvalue weighted by atomic mass is 9.97. The zero-order valence-electron chi connectivity index (χ0n) is 68.8. The number of anilines is 1. The zero-order valence-corrected chi connectivity index (χ0v) is 68.8. The van der Waals surface area contributed by atoms with Gasteiger partial charge in [-0.25, -0.2) is 9.97 Å². The number of hydrogen-bond acceptors (Lipinski definition) is 21. The lowest BCUT2D eigenvalue weighted by Crippen LogP contribution is -2.61. The minimum Gasteiger partial charge on any atom is -0.508 e. The van der Waals surface area contributed by atoms with Crippen LogP contribution >= 0.6 is 0 Å². The summed E-state index contributed by atoms with van der Waals surface area (Å²) < 4.78 is 1.06. The second-order valence-electron chi connectivity index (χ2n) is 30.8. The van der Waals surface area contributed by atoms with Gasteiger partial charge in [-0.05, 0) is 124 Å². The second-order valence-corrected chi connectivity index (χ2v) is 30.8. The van der Waals surface area contributed by atoms with Crippen molar-refractivity contribution in [3.05, 3.63) is 119 Å². The van der Waals surface area contributed by atoms with Crippen LogP contribution in [0.3, 0.4) is 0 Å². The van der Waals surface area contributed by atoms with Crippen LogP contribution in [-0.2, 0) is 88.1 Å². The van der Waals surface area contributed by atoms with Crippen LogP contribution < -0.4 is 86.1 Å². The third kappa shape index (κ3) is 28.2. The Morgan fingerprint density at radius 3 is 1.80 bits per heavy atom. The molecule has 3 unspecified atom stereocenters. The van der Waals surface area contributed by atoms with E-state index in [2.05, 4.69) is 78.4 Å². The molecule has 0 radical (unpaired) electrons. The van der Waals surface area contributed by atoms with Crippen molar-refractivity contribution >= 4 is 110 Å². The smallest absolute Gasteiger partial charge is 0.261 e. The highest BCUT2D eigenvalue weighted by Crippen LogP contribution is 2.24. The number of fused-ring (bicyclic) bond motifs is 2. The summed E-state index contributed by atoms with van der Waals surface area (Å²) >= 11 is 0. The fraction of sp³-hybridized carbons (Fsp3) is 0.519. The van der Waals surface area contributed by atoms with Crippen molar-refractivity contribution in [3.63, 3.8) is 0 Å². The molecule has 0 saturated carbocycles. The summed E-state index contributed by atoms with van der Waals surface area (Å²) in [5.41, 5.74) is 19.3. The van der Waals surface area contributed by atoms with E-state index in [0.29, 0.717) is 84.2 Å². The van der Waals surface area contributed by atoms with E-state index < -0.39 is 156 Å². The van der Waals surface area contributed by atoms with Crippen molar-refractivity contribution in [1.82, 2.24) is 87.9 Å². The number of phenolic OH excluding ortho intramolecular Hbond substituents is 1. The van der Waals surface area contributed by atoms with Gasteiger partial charge in [-0.15, -0.1) is 0 Å². The monoisotopic (exact) mass is 1650 g/mol. The Morgan fingerprint density at radius 1 is 0.605 bits per heavy atom. The van der Waals surface area contributed by atoms with Crippen molar-refractivity contribution in [1.29, 1.82) is 5.41 Å². The van der Waals surface area contributed by atoms with E-state index >= 15 is 9.59 Å². The number of para-hydroxylation sites is 1. The first-order chi connectivity index (χ1) is 56.6. The number of phenols is 1. The minimum absolute atomic E-state index is 0.0532. The molecule has 1 aliphatic heterocycles. The Labute approximate surface area is 689 Å². The first kappa shape index (κ1) is 93.8. The molecule has 4 heterocycles. The molecule has 12 amide bonds. The van der Waals surface area contributed by atoms with E-state index in [1.165, 1.54) is 57.0 Å². The van der Waals surface area contributed by atoms with Crippen molar-refractivity contribution < 1.29 is 72.5 Å². The number of benzene rings is 3. The summed E-state index contributed by atoms with van der Waals surface area (Å²) in [6.07, 6.45) is 4.71. The van der Waals surface area contributed by atoms with E-state index in [4.69, 9.17) is 22.6 Å². The van der Waals surface area contributed by atoms with Gasteiger partial charge in [-0.1, -0.05) is 85.2 Å². The van der Waals surface area contributed by atoms with Gasteiger partial charge in [0.1, 0.15) is 72.7 Å². The number of carbonyl (C=O) groups excluding carboxylic acids is 13. The molecule has 3 aromatic heterocycles. The highest BCUT2D eigenvalue weighted by Gasteiger charge is 2.39. The lowest BCUT2D eigenvalue weighted by Gasteiger charge is -2.38. The number of ketones is 1. The highest BCUT2D eigenvalue weighted by molar-refractivity contribution is 6.00. The molecule has 38 nitrogen and oxygen atoms in total. The predicted octanol–water partition coefficient (Wildman–Crippen LogP) is -1.07. The van der Waals surface area contributed by atoms with Crippen LogP contribution in [0.1, 0.15) is 137 Å². The predicted molar refractivity (Wildman–Crippen MR) is 442 cm³/mol. The Balaban J connectivity index is 1.09. The van der Waals surface area contributed by atoms with Crippen LogP contribution in [0, 0.1) is 23.2 Å². The average Bonchev–Trinajstić information content (AvgIpc) is 1.46. The van der Waals surface area contributed by atoms with Gasteiger partial charge in [0.15, 0.2) is 11.7 Å². The first-order valence-electron chi connectivity index (χ1n) is 40.2. The molecule has 0 aliphatic carbocycles. The fourth-order valence-electron chi connectivity index (χ4n) is 13.7. The van der Waals surface area contributed by atoms with E-state index in [1.54, 1.807) is 88.2 Å². The number of aliphatic hydroxyl groups excluding tert-OH is 1. The number of amides is 12. The molecular formula is C81H116N22O16. The molecule has 38 heteroatoms. The summed E-state index contributed by atoms with van der Waals surface area (Å²) in [6, 6.07) is 3.88. The van der Waals surface area contributed by atoms with Gasteiger partial charge in [0.25, 0.3) is 5.56 Å². The number of piperazine rings is 1. The molecule has 646 valence electrons. The number of aromatic amines is 2. The number of carbonyl (C=O) groups is 13. The number of primary amides is 1. The maximum Gasteiger partial charge on any atom is 0.261 e. The second kappa shape index (κ2) is 45.4. The first-order valence-corrected chi connectivity index (χ1v) is 40.2. The van der Waals surface area contributed by atoms with Crippen LogP contribution in [0.4, 0.5) is 5.69 Å². The van der Waals surface area contributed by atoms with E-state index in [9.17, 15) is 67.7 Å². The summed E-state index contributed by atoms with van der Waals surface area (Å²) in [5, 5.41) is 58.6. The average molecular weight is 1650 g/mol. The molecule has 12 atom stereocenters. The largest absolute Gasteiger partial charge is 0.508 e. The number of Topliss-reactive ketones (excluding diaryl/α,β-unsaturated/α-hetero) is 1. The third-order valence-corrected chi connectivity index (χ3v) is 20.6. The van der Waals surface area contributed by atoms with Crippen LogP contribution in [0.15, 0.2) is 96.6 Å². The Morgan fingerprint density at radius 2 is 1.19 bits per heavy atom. The highest BCUT2D eigenvalue weighted by atomic mass is 16.3. The van der Waals surface area contributed by atoms with Gasteiger partial charge in [0.2, 0.25) is 70.9 Å². The maximum absolute atomic E-state index is 15.1. The molecule has 0 bridgehead atoms. The Kier molecular flexibility index (Phi) is 35.8. The number of imidazole rings is 1. The molecule has 1 saturated heterocycles. The number of nitrogens with one attached hydrogen (secondary N) is 14. The van der Waals surface area contributed by atoms with Crippen LogP contribution in [0.2, 0.25) is 0 Å². The topological polar surface area (TPSA) is 582 Å². The number of H-pyrrole nitrogens is 2. The normalized spacial score (nSPS) is 15.2. The number of aliphatic hydroxyl groups is 1. The Bertz CT molecular complexity index is 4580. The number of aromatic hydroxyl groups is 1. The molecule has 1 fully saturated rings.